The number of hydrogen-bond donors (Lipinski definition) is 1. The highest BCUT2D eigenvalue weighted by molar-refractivity contribution is 8.00. The van der Waals surface area contributed by atoms with E-state index in [0.29, 0.717) is 11.6 Å². The van der Waals surface area contributed by atoms with Crippen molar-refractivity contribution in [2.75, 3.05) is 17.4 Å². The standard InChI is InChI=1S/C11H12N2O3S2/c14-10(6-18-8-1-3-12-4-2-8)13-7-17-5-9(13)11(15)16/h1-4,9H,5-7H2,(H,15,16). The van der Waals surface area contributed by atoms with Gasteiger partial charge in [0.15, 0.2) is 0 Å². The van der Waals surface area contributed by atoms with Crippen LogP contribution in [0, 0.1) is 0 Å². The predicted molar refractivity (Wildman–Crippen MR) is 70.6 cm³/mol. The molecule has 2 rings (SSSR count). The first-order valence-corrected chi connectivity index (χ1v) is 7.45. The molecule has 1 fully saturated rings. The number of rotatable bonds is 4. The average molecular weight is 284 g/mol. The molecule has 0 aromatic carbocycles. The maximum absolute atomic E-state index is 11.9. The van der Waals surface area contributed by atoms with Crippen molar-refractivity contribution in [1.82, 2.24) is 9.88 Å². The number of carbonyl (C=O) groups is 2. The number of thioether (sulfide) groups is 2. The monoisotopic (exact) mass is 284 g/mol. The van der Waals surface area contributed by atoms with Crippen LogP contribution in [0.25, 0.3) is 0 Å². The minimum Gasteiger partial charge on any atom is -0.480 e. The molecular formula is C11H12N2O3S2. The molecule has 18 heavy (non-hydrogen) atoms. The summed E-state index contributed by atoms with van der Waals surface area (Å²) in [6.07, 6.45) is 3.33. The molecule has 1 amide bonds. The summed E-state index contributed by atoms with van der Waals surface area (Å²) in [6.45, 7) is 0. The lowest BCUT2D eigenvalue weighted by molar-refractivity contribution is -0.146. The number of carboxylic acid groups (broad SMARTS) is 1. The van der Waals surface area contributed by atoms with E-state index in [1.807, 2.05) is 12.1 Å². The van der Waals surface area contributed by atoms with Gasteiger partial charge in [-0.15, -0.1) is 23.5 Å². The fourth-order valence-electron chi connectivity index (χ4n) is 1.56. The highest BCUT2D eigenvalue weighted by Gasteiger charge is 2.34. The van der Waals surface area contributed by atoms with Gasteiger partial charge in [0.25, 0.3) is 0 Å². The van der Waals surface area contributed by atoms with Gasteiger partial charge >= 0.3 is 5.97 Å². The topological polar surface area (TPSA) is 70.5 Å². The van der Waals surface area contributed by atoms with Gasteiger partial charge < -0.3 is 10.0 Å². The number of carboxylic acids is 1. The second kappa shape index (κ2) is 6.10. The lowest BCUT2D eigenvalue weighted by atomic mass is 10.3. The smallest absolute Gasteiger partial charge is 0.327 e. The number of carbonyl (C=O) groups excluding carboxylic acids is 1. The van der Waals surface area contributed by atoms with Crippen LogP contribution in [-0.2, 0) is 9.59 Å². The summed E-state index contributed by atoms with van der Waals surface area (Å²) in [7, 11) is 0. The zero-order chi connectivity index (χ0) is 13.0. The average Bonchev–Trinajstić information content (AvgIpc) is 2.86. The molecule has 0 spiro atoms. The Hall–Kier alpha value is -1.21. The van der Waals surface area contributed by atoms with Gasteiger partial charge in [0.2, 0.25) is 5.91 Å². The first-order chi connectivity index (χ1) is 8.68. The zero-order valence-corrected chi connectivity index (χ0v) is 11.1. The van der Waals surface area contributed by atoms with E-state index in [1.54, 1.807) is 12.4 Å². The van der Waals surface area contributed by atoms with E-state index in [1.165, 1.54) is 28.4 Å². The molecule has 5 nitrogen and oxygen atoms in total. The van der Waals surface area contributed by atoms with Gasteiger partial charge in [-0.25, -0.2) is 4.79 Å². The molecule has 1 aromatic rings. The number of amides is 1. The Bertz CT molecular complexity index is 441. The number of nitrogens with zero attached hydrogens (tertiary/aromatic N) is 2. The van der Waals surface area contributed by atoms with Gasteiger partial charge in [0, 0.05) is 23.0 Å². The second-order valence-electron chi connectivity index (χ2n) is 3.69. The van der Waals surface area contributed by atoms with Crippen LogP contribution >= 0.6 is 23.5 Å². The van der Waals surface area contributed by atoms with E-state index in [0.717, 1.165) is 4.90 Å². The van der Waals surface area contributed by atoms with E-state index < -0.39 is 12.0 Å². The summed E-state index contributed by atoms with van der Waals surface area (Å²) < 4.78 is 0. The Morgan fingerprint density at radius 2 is 2.22 bits per heavy atom. The summed E-state index contributed by atoms with van der Waals surface area (Å²) in [5, 5.41) is 9.00. The van der Waals surface area contributed by atoms with Gasteiger partial charge in [0.05, 0.1) is 11.6 Å². The maximum atomic E-state index is 11.9. The first-order valence-electron chi connectivity index (χ1n) is 5.31. The Kier molecular flexibility index (Phi) is 4.48. The van der Waals surface area contributed by atoms with Crippen LogP contribution in [0.2, 0.25) is 0 Å². The molecule has 1 aliphatic rings. The summed E-state index contributed by atoms with van der Waals surface area (Å²) in [5.41, 5.74) is 0. The van der Waals surface area contributed by atoms with E-state index >= 15 is 0 Å². The SMILES string of the molecule is O=C(O)C1CSCN1C(=O)CSc1ccncc1. The van der Waals surface area contributed by atoms with Crippen molar-refractivity contribution in [3.63, 3.8) is 0 Å². The predicted octanol–water partition coefficient (Wildman–Crippen LogP) is 1.16. The minimum absolute atomic E-state index is 0.130. The molecule has 0 bridgehead atoms. The Morgan fingerprint density at radius 3 is 2.89 bits per heavy atom. The highest BCUT2D eigenvalue weighted by Crippen LogP contribution is 2.23. The van der Waals surface area contributed by atoms with Crippen molar-refractivity contribution in [2.45, 2.75) is 10.9 Å². The molecule has 1 aliphatic heterocycles. The fraction of sp³-hybridized carbons (Fsp3) is 0.364. The molecule has 0 radical (unpaired) electrons. The molecule has 1 atom stereocenters. The van der Waals surface area contributed by atoms with Gasteiger partial charge in [-0.3, -0.25) is 9.78 Å². The van der Waals surface area contributed by atoms with E-state index in [2.05, 4.69) is 4.98 Å². The lowest BCUT2D eigenvalue weighted by Crippen LogP contribution is -2.42. The maximum Gasteiger partial charge on any atom is 0.327 e. The molecule has 2 heterocycles. The molecular weight excluding hydrogens is 272 g/mol. The largest absolute Gasteiger partial charge is 0.480 e. The van der Waals surface area contributed by atoms with Gasteiger partial charge in [-0.1, -0.05) is 0 Å². The number of pyridine rings is 1. The Morgan fingerprint density at radius 1 is 1.50 bits per heavy atom. The van der Waals surface area contributed by atoms with Gasteiger partial charge in [0.1, 0.15) is 6.04 Å². The van der Waals surface area contributed by atoms with Crippen molar-refractivity contribution in [1.29, 1.82) is 0 Å². The van der Waals surface area contributed by atoms with Crippen LogP contribution < -0.4 is 0 Å². The fourth-order valence-corrected chi connectivity index (χ4v) is 3.50. The summed E-state index contributed by atoms with van der Waals surface area (Å²) in [6, 6.07) is 2.97. The van der Waals surface area contributed by atoms with Gasteiger partial charge in [-0.2, -0.15) is 0 Å². The molecule has 1 N–H and O–H groups in total. The third-order valence-electron chi connectivity index (χ3n) is 2.50. The van der Waals surface area contributed by atoms with Crippen molar-refractivity contribution < 1.29 is 14.7 Å². The van der Waals surface area contributed by atoms with Crippen molar-refractivity contribution in [2.24, 2.45) is 0 Å². The van der Waals surface area contributed by atoms with Crippen LogP contribution in [0.4, 0.5) is 0 Å². The first kappa shape index (κ1) is 13.2. The van der Waals surface area contributed by atoms with Crippen LogP contribution in [0.5, 0.6) is 0 Å². The number of aliphatic carboxylic acids is 1. The molecule has 0 aliphatic carbocycles. The molecule has 0 saturated carbocycles. The van der Waals surface area contributed by atoms with Crippen molar-refractivity contribution >= 4 is 35.4 Å². The normalized spacial score (nSPS) is 18.9. The Balaban J connectivity index is 1.90. The van der Waals surface area contributed by atoms with E-state index in [9.17, 15) is 9.59 Å². The molecule has 96 valence electrons. The van der Waals surface area contributed by atoms with Crippen LogP contribution in [0.3, 0.4) is 0 Å². The molecule has 1 aromatic heterocycles. The summed E-state index contributed by atoms with van der Waals surface area (Å²) in [4.78, 5) is 29.2. The number of aromatic nitrogens is 1. The van der Waals surface area contributed by atoms with Crippen molar-refractivity contribution in [3.8, 4) is 0 Å². The third kappa shape index (κ3) is 3.17. The second-order valence-corrected chi connectivity index (χ2v) is 5.74. The number of hydrogen-bond acceptors (Lipinski definition) is 5. The van der Waals surface area contributed by atoms with E-state index in [4.69, 9.17) is 5.11 Å². The van der Waals surface area contributed by atoms with E-state index in [-0.39, 0.29) is 11.7 Å². The third-order valence-corrected chi connectivity index (χ3v) is 4.51. The van der Waals surface area contributed by atoms with Crippen LogP contribution in [-0.4, -0.2) is 50.3 Å². The molecule has 1 unspecified atom stereocenters. The Labute approximate surface area is 113 Å². The minimum atomic E-state index is -0.928. The molecule has 7 heteroatoms. The van der Waals surface area contributed by atoms with Crippen molar-refractivity contribution in [3.05, 3.63) is 24.5 Å². The van der Waals surface area contributed by atoms with Crippen LogP contribution in [0.15, 0.2) is 29.4 Å². The van der Waals surface area contributed by atoms with Gasteiger partial charge in [-0.05, 0) is 12.1 Å². The summed E-state index contributed by atoms with van der Waals surface area (Å²) in [5.74, 6) is 0.138. The highest BCUT2D eigenvalue weighted by atomic mass is 32.2. The quantitative estimate of drug-likeness (QED) is 0.837. The lowest BCUT2D eigenvalue weighted by Gasteiger charge is -2.20. The summed E-state index contributed by atoms with van der Waals surface area (Å²) >= 11 is 2.87. The molecule has 1 saturated heterocycles. The van der Waals surface area contributed by atoms with Crippen LogP contribution in [0.1, 0.15) is 0 Å². The zero-order valence-electron chi connectivity index (χ0n) is 9.48.